The average molecular weight is 217 g/mol. The number of carbonyl (C=O) groups excluding carboxylic acids is 1. The second-order valence-electron chi connectivity index (χ2n) is 3.80. The average Bonchev–Trinajstić information content (AvgIpc) is 2.28. The molecule has 0 bridgehead atoms. The molecule has 0 saturated heterocycles. The molecule has 4 heteroatoms. The van der Waals surface area contributed by atoms with Crippen LogP contribution in [-0.2, 0) is 0 Å². The van der Waals surface area contributed by atoms with Crippen molar-refractivity contribution < 1.29 is 4.79 Å². The molecule has 2 amide bonds. The number of benzene rings is 1. The van der Waals surface area contributed by atoms with Gasteiger partial charge in [-0.2, -0.15) is 0 Å². The van der Waals surface area contributed by atoms with E-state index < -0.39 is 0 Å². The van der Waals surface area contributed by atoms with Crippen molar-refractivity contribution in [1.29, 1.82) is 0 Å². The molecule has 1 N–H and O–H groups in total. The minimum Gasteiger partial charge on any atom is -0.325 e. The molecule has 0 heterocycles. The van der Waals surface area contributed by atoms with Crippen LogP contribution >= 0.6 is 0 Å². The molecule has 0 saturated carbocycles. The maximum atomic E-state index is 11.7. The Bertz CT molecular complexity index is 421. The van der Waals surface area contributed by atoms with E-state index in [-0.39, 0.29) is 12.1 Å². The van der Waals surface area contributed by atoms with E-state index in [2.05, 4.69) is 10.2 Å². The van der Waals surface area contributed by atoms with Gasteiger partial charge < -0.3 is 10.2 Å². The highest BCUT2D eigenvalue weighted by Crippen LogP contribution is 2.17. The number of amides is 2. The lowest BCUT2D eigenvalue weighted by molar-refractivity contribution is 0.211. The lowest BCUT2D eigenvalue weighted by Gasteiger charge is -2.21. The summed E-state index contributed by atoms with van der Waals surface area (Å²) >= 11 is 0. The van der Waals surface area contributed by atoms with Crippen LogP contribution in [0.2, 0.25) is 0 Å². The normalized spacial score (nSPS) is 9.69. The Morgan fingerprint density at radius 1 is 1.50 bits per heavy atom. The highest BCUT2D eigenvalue weighted by Gasteiger charge is 2.11. The van der Waals surface area contributed by atoms with Gasteiger partial charge >= 0.3 is 6.03 Å². The third kappa shape index (κ3) is 2.99. The van der Waals surface area contributed by atoms with Crippen molar-refractivity contribution in [2.75, 3.05) is 12.4 Å². The molecule has 84 valence electrons. The van der Waals surface area contributed by atoms with Gasteiger partial charge in [0, 0.05) is 18.8 Å². The lowest BCUT2D eigenvalue weighted by Crippen LogP contribution is -2.36. The largest absolute Gasteiger partial charge is 0.325 e. The van der Waals surface area contributed by atoms with Gasteiger partial charge in [0.15, 0.2) is 5.69 Å². The van der Waals surface area contributed by atoms with Crippen molar-refractivity contribution in [2.45, 2.75) is 19.9 Å². The van der Waals surface area contributed by atoms with Gasteiger partial charge in [-0.3, -0.25) is 0 Å². The fourth-order valence-corrected chi connectivity index (χ4v) is 1.10. The van der Waals surface area contributed by atoms with Crippen LogP contribution in [0.15, 0.2) is 24.3 Å². The molecule has 0 aliphatic carbocycles. The molecule has 4 nitrogen and oxygen atoms in total. The predicted octanol–water partition coefficient (Wildman–Crippen LogP) is 3.11. The van der Waals surface area contributed by atoms with Crippen molar-refractivity contribution in [3.8, 4) is 0 Å². The molecule has 0 fully saturated rings. The fourth-order valence-electron chi connectivity index (χ4n) is 1.10. The van der Waals surface area contributed by atoms with Crippen molar-refractivity contribution in [2.24, 2.45) is 0 Å². The summed E-state index contributed by atoms with van der Waals surface area (Å²) in [5.41, 5.74) is 1.16. The first-order chi connectivity index (χ1) is 7.54. The van der Waals surface area contributed by atoms with Crippen molar-refractivity contribution in [3.05, 3.63) is 35.7 Å². The van der Waals surface area contributed by atoms with Gasteiger partial charge in [0.05, 0.1) is 6.57 Å². The Balaban J connectivity index is 2.74. The standard InChI is InChI=1S/C12H15N3O/c1-9(2)15(4)12(16)14-11-7-5-6-10(8-11)13-3/h5-9H,1-2,4H3,(H,14,16). The number of anilines is 1. The van der Waals surface area contributed by atoms with Gasteiger partial charge in [-0.25, -0.2) is 9.64 Å². The summed E-state index contributed by atoms with van der Waals surface area (Å²) in [5.74, 6) is 0. The van der Waals surface area contributed by atoms with Crippen LogP contribution in [0.3, 0.4) is 0 Å². The van der Waals surface area contributed by atoms with Gasteiger partial charge in [-0.05, 0) is 26.0 Å². The summed E-state index contributed by atoms with van der Waals surface area (Å²) in [5, 5.41) is 2.74. The van der Waals surface area contributed by atoms with Crippen LogP contribution in [0.4, 0.5) is 16.2 Å². The highest BCUT2D eigenvalue weighted by molar-refractivity contribution is 5.89. The molecule has 0 aliphatic rings. The maximum absolute atomic E-state index is 11.7. The van der Waals surface area contributed by atoms with Crippen LogP contribution in [0.25, 0.3) is 4.85 Å². The zero-order chi connectivity index (χ0) is 12.1. The number of hydrogen-bond acceptors (Lipinski definition) is 1. The van der Waals surface area contributed by atoms with Gasteiger partial charge in [0.25, 0.3) is 0 Å². The molecular weight excluding hydrogens is 202 g/mol. The third-order valence-corrected chi connectivity index (χ3v) is 2.32. The number of nitrogens with zero attached hydrogens (tertiary/aromatic N) is 2. The van der Waals surface area contributed by atoms with E-state index in [1.165, 1.54) is 0 Å². The second kappa shape index (κ2) is 5.17. The number of hydrogen-bond donors (Lipinski definition) is 1. The molecule has 0 spiro atoms. The summed E-state index contributed by atoms with van der Waals surface area (Å²) in [4.78, 5) is 16.6. The highest BCUT2D eigenvalue weighted by atomic mass is 16.2. The maximum Gasteiger partial charge on any atom is 0.321 e. The van der Waals surface area contributed by atoms with E-state index in [4.69, 9.17) is 6.57 Å². The Hall–Kier alpha value is -2.02. The minimum absolute atomic E-state index is 0.143. The fraction of sp³-hybridized carbons (Fsp3) is 0.333. The van der Waals surface area contributed by atoms with Gasteiger partial charge in [0.2, 0.25) is 0 Å². The molecule has 16 heavy (non-hydrogen) atoms. The SMILES string of the molecule is [C-]#[N+]c1cccc(NC(=O)N(C)C(C)C)c1. The lowest BCUT2D eigenvalue weighted by atomic mass is 10.3. The summed E-state index contributed by atoms with van der Waals surface area (Å²) < 4.78 is 0. The summed E-state index contributed by atoms with van der Waals surface area (Å²) in [6.07, 6.45) is 0. The van der Waals surface area contributed by atoms with E-state index in [1.54, 1.807) is 36.2 Å². The summed E-state index contributed by atoms with van der Waals surface area (Å²) in [7, 11) is 1.73. The Morgan fingerprint density at radius 2 is 2.19 bits per heavy atom. The number of rotatable bonds is 2. The van der Waals surface area contributed by atoms with Crippen LogP contribution in [0.1, 0.15) is 13.8 Å². The third-order valence-electron chi connectivity index (χ3n) is 2.32. The predicted molar refractivity (Wildman–Crippen MR) is 64.6 cm³/mol. The van der Waals surface area contributed by atoms with Crippen LogP contribution < -0.4 is 5.32 Å². The number of nitrogens with one attached hydrogen (secondary N) is 1. The molecule has 1 aromatic rings. The van der Waals surface area contributed by atoms with E-state index in [0.29, 0.717) is 11.4 Å². The first-order valence-corrected chi connectivity index (χ1v) is 5.06. The molecule has 1 aromatic carbocycles. The molecule has 0 aliphatic heterocycles. The first kappa shape index (κ1) is 12.1. The zero-order valence-corrected chi connectivity index (χ0v) is 9.69. The smallest absolute Gasteiger partial charge is 0.321 e. The van der Waals surface area contributed by atoms with Gasteiger partial charge in [-0.15, -0.1) is 0 Å². The minimum atomic E-state index is -0.169. The van der Waals surface area contributed by atoms with E-state index in [0.717, 1.165) is 0 Å². The Morgan fingerprint density at radius 3 is 2.75 bits per heavy atom. The Kier molecular flexibility index (Phi) is 3.90. The van der Waals surface area contributed by atoms with Gasteiger partial charge in [-0.1, -0.05) is 12.1 Å². The van der Waals surface area contributed by atoms with E-state index >= 15 is 0 Å². The topological polar surface area (TPSA) is 36.7 Å². The molecular formula is C12H15N3O. The summed E-state index contributed by atoms with van der Waals surface area (Å²) in [6, 6.07) is 6.84. The van der Waals surface area contributed by atoms with Crippen LogP contribution in [0, 0.1) is 6.57 Å². The monoisotopic (exact) mass is 217 g/mol. The molecule has 0 atom stereocenters. The van der Waals surface area contributed by atoms with E-state index in [9.17, 15) is 4.79 Å². The van der Waals surface area contributed by atoms with Crippen LogP contribution in [-0.4, -0.2) is 24.0 Å². The second-order valence-corrected chi connectivity index (χ2v) is 3.80. The summed E-state index contributed by atoms with van der Waals surface area (Å²) in [6.45, 7) is 10.8. The Labute approximate surface area is 95.7 Å². The molecule has 0 unspecified atom stereocenters. The van der Waals surface area contributed by atoms with Crippen molar-refractivity contribution >= 4 is 17.4 Å². The van der Waals surface area contributed by atoms with Gasteiger partial charge in [0.1, 0.15) is 0 Å². The molecule has 1 rings (SSSR count). The zero-order valence-electron chi connectivity index (χ0n) is 9.69. The first-order valence-electron chi connectivity index (χ1n) is 5.06. The number of carbonyl (C=O) groups is 1. The number of urea groups is 1. The van der Waals surface area contributed by atoms with E-state index in [1.807, 2.05) is 13.8 Å². The van der Waals surface area contributed by atoms with Crippen molar-refractivity contribution in [3.63, 3.8) is 0 Å². The molecule has 0 radical (unpaired) electrons. The quantitative estimate of drug-likeness (QED) is 0.759. The van der Waals surface area contributed by atoms with Crippen molar-refractivity contribution in [1.82, 2.24) is 4.90 Å². The molecule has 0 aromatic heterocycles. The van der Waals surface area contributed by atoms with Crippen LogP contribution in [0.5, 0.6) is 0 Å².